The molecule has 4 rings (SSSR count). The molecule has 0 saturated heterocycles. The van der Waals surface area contributed by atoms with Crippen LogP contribution in [0.15, 0.2) is 52.0 Å². The van der Waals surface area contributed by atoms with Crippen LogP contribution in [0.4, 0.5) is 11.5 Å². The van der Waals surface area contributed by atoms with Gasteiger partial charge < -0.3 is 4.74 Å². The van der Waals surface area contributed by atoms with Gasteiger partial charge in [-0.15, -0.1) is 0 Å². The van der Waals surface area contributed by atoms with Crippen molar-refractivity contribution in [3.8, 4) is 5.69 Å². The molecule has 2 aromatic carbocycles. The number of aryl methyl sites for hydroxylation is 1. The van der Waals surface area contributed by atoms with Crippen molar-refractivity contribution < 1.29 is 9.66 Å². The van der Waals surface area contributed by atoms with Gasteiger partial charge in [0, 0.05) is 10.0 Å². The van der Waals surface area contributed by atoms with Crippen LogP contribution in [-0.2, 0) is 18.0 Å². The zero-order chi connectivity index (χ0) is 19.7. The summed E-state index contributed by atoms with van der Waals surface area (Å²) in [4.78, 5) is 11.1. The molecular formula is C19H16BrN5O3. The molecule has 0 fully saturated rings. The highest BCUT2D eigenvalue weighted by atomic mass is 79.9. The fraction of sp³-hybridized carbons (Fsp3) is 0.158. The third-order valence-electron chi connectivity index (χ3n) is 4.42. The summed E-state index contributed by atoms with van der Waals surface area (Å²) in [6, 6.07) is 13.2. The molecule has 142 valence electrons. The molecule has 0 unspecified atom stereocenters. The summed E-state index contributed by atoms with van der Waals surface area (Å²) in [6.07, 6.45) is 1.62. The summed E-state index contributed by atoms with van der Waals surface area (Å²) in [5.74, 6) is 0.200. The maximum absolute atomic E-state index is 11.5. The van der Waals surface area contributed by atoms with Gasteiger partial charge in [0.1, 0.15) is 5.69 Å². The topological polar surface area (TPSA) is 94.6 Å². The van der Waals surface area contributed by atoms with Crippen molar-refractivity contribution in [1.29, 1.82) is 0 Å². The van der Waals surface area contributed by atoms with E-state index >= 15 is 0 Å². The van der Waals surface area contributed by atoms with E-state index in [9.17, 15) is 10.1 Å². The average Bonchev–Trinajstić information content (AvgIpc) is 3.26. The number of hydrazone groups is 1. The Kier molecular flexibility index (Phi) is 4.93. The van der Waals surface area contributed by atoms with Crippen molar-refractivity contribution >= 4 is 33.6 Å². The summed E-state index contributed by atoms with van der Waals surface area (Å²) in [5.41, 5.74) is 6.81. The molecule has 1 aromatic heterocycles. The van der Waals surface area contributed by atoms with Gasteiger partial charge in [-0.3, -0.25) is 15.5 Å². The molecule has 8 nitrogen and oxygen atoms in total. The second-order valence-corrected chi connectivity index (χ2v) is 7.15. The highest BCUT2D eigenvalue weighted by Crippen LogP contribution is 2.31. The van der Waals surface area contributed by atoms with Gasteiger partial charge in [-0.25, -0.2) is 4.68 Å². The molecule has 2 heterocycles. The van der Waals surface area contributed by atoms with Gasteiger partial charge in [0.05, 0.1) is 30.0 Å². The van der Waals surface area contributed by atoms with Gasteiger partial charge in [-0.05, 0) is 42.3 Å². The maximum Gasteiger partial charge on any atom is 0.335 e. The largest absolute Gasteiger partial charge is 0.372 e. The van der Waals surface area contributed by atoms with E-state index in [2.05, 4.69) is 31.6 Å². The lowest BCUT2D eigenvalue weighted by molar-refractivity contribution is -0.384. The van der Waals surface area contributed by atoms with Gasteiger partial charge in [0.2, 0.25) is 5.82 Å². The minimum Gasteiger partial charge on any atom is -0.372 e. The molecule has 1 aliphatic heterocycles. The van der Waals surface area contributed by atoms with E-state index in [0.717, 1.165) is 21.2 Å². The first kappa shape index (κ1) is 18.3. The van der Waals surface area contributed by atoms with Crippen LogP contribution in [0.5, 0.6) is 0 Å². The Labute approximate surface area is 169 Å². The fourth-order valence-corrected chi connectivity index (χ4v) is 3.57. The van der Waals surface area contributed by atoms with Crippen LogP contribution in [-0.4, -0.2) is 20.9 Å². The number of anilines is 1. The monoisotopic (exact) mass is 441 g/mol. The Balaban J connectivity index is 1.68. The number of ether oxygens (including phenoxy) is 1. The maximum atomic E-state index is 11.5. The van der Waals surface area contributed by atoms with Crippen LogP contribution in [0.25, 0.3) is 5.69 Å². The number of aromatic nitrogens is 2. The molecule has 3 aromatic rings. The van der Waals surface area contributed by atoms with Gasteiger partial charge >= 0.3 is 5.69 Å². The number of para-hydroxylation sites is 1. The zero-order valence-electron chi connectivity index (χ0n) is 14.9. The molecular weight excluding hydrogens is 426 g/mol. The second kappa shape index (κ2) is 7.53. The number of hydrogen-bond acceptors (Lipinski definition) is 6. The molecule has 0 aliphatic carbocycles. The van der Waals surface area contributed by atoms with Crippen LogP contribution in [0.2, 0.25) is 0 Å². The van der Waals surface area contributed by atoms with Gasteiger partial charge in [-0.1, -0.05) is 34.1 Å². The third kappa shape index (κ3) is 3.41. The molecule has 28 heavy (non-hydrogen) atoms. The lowest BCUT2D eigenvalue weighted by Crippen LogP contribution is -2.04. The number of fused-ring (bicyclic) bond motifs is 1. The molecule has 0 amide bonds. The Hall–Kier alpha value is -3.04. The van der Waals surface area contributed by atoms with Crippen LogP contribution < -0.4 is 5.43 Å². The van der Waals surface area contributed by atoms with Gasteiger partial charge in [-0.2, -0.15) is 10.2 Å². The summed E-state index contributed by atoms with van der Waals surface area (Å²) in [5, 5.41) is 20.1. The number of halogens is 1. The highest BCUT2D eigenvalue weighted by Gasteiger charge is 2.26. The molecule has 0 spiro atoms. The number of nitro groups is 1. The number of nitrogens with one attached hydrogen (secondary N) is 1. The first-order valence-electron chi connectivity index (χ1n) is 8.52. The standard InChI is InChI=1S/C19H16BrN5O3/c1-12-18(25(26)27)19(24(23-12)16-5-3-2-4-6-16)22-21-9-13-7-14-10-28-11-15(14)8-17(13)20/h2-9,22H,10-11H2,1H3/b21-9+. The fourth-order valence-electron chi connectivity index (χ4n) is 3.07. The Morgan fingerprint density at radius 1 is 1.29 bits per heavy atom. The number of nitrogens with zero attached hydrogens (tertiary/aromatic N) is 4. The smallest absolute Gasteiger partial charge is 0.335 e. The molecule has 0 atom stereocenters. The molecule has 0 radical (unpaired) electrons. The summed E-state index contributed by atoms with van der Waals surface area (Å²) in [6.45, 7) is 2.78. The minimum absolute atomic E-state index is 0.109. The quantitative estimate of drug-likeness (QED) is 0.361. The minimum atomic E-state index is -0.456. The first-order chi connectivity index (χ1) is 13.5. The summed E-state index contributed by atoms with van der Waals surface area (Å²) >= 11 is 3.53. The Morgan fingerprint density at radius 3 is 2.71 bits per heavy atom. The van der Waals surface area contributed by atoms with Gasteiger partial charge in [0.25, 0.3) is 0 Å². The third-order valence-corrected chi connectivity index (χ3v) is 5.11. The van der Waals surface area contributed by atoms with Crippen molar-refractivity contribution in [1.82, 2.24) is 9.78 Å². The van der Waals surface area contributed by atoms with E-state index in [1.807, 2.05) is 42.5 Å². The lowest BCUT2D eigenvalue weighted by atomic mass is 10.1. The zero-order valence-corrected chi connectivity index (χ0v) is 16.5. The van der Waals surface area contributed by atoms with Gasteiger partial charge in [0.15, 0.2) is 0 Å². The van der Waals surface area contributed by atoms with Crippen molar-refractivity contribution in [3.63, 3.8) is 0 Å². The first-order valence-corrected chi connectivity index (χ1v) is 9.31. The van der Waals surface area contributed by atoms with E-state index < -0.39 is 4.92 Å². The van der Waals surface area contributed by atoms with Crippen molar-refractivity contribution in [2.75, 3.05) is 5.43 Å². The van der Waals surface area contributed by atoms with Crippen molar-refractivity contribution in [2.24, 2.45) is 5.10 Å². The predicted molar refractivity (Wildman–Crippen MR) is 109 cm³/mol. The second-order valence-electron chi connectivity index (χ2n) is 6.29. The van der Waals surface area contributed by atoms with E-state index in [4.69, 9.17) is 4.74 Å². The molecule has 1 N–H and O–H groups in total. The lowest BCUT2D eigenvalue weighted by Gasteiger charge is -2.06. The van der Waals surface area contributed by atoms with Crippen LogP contribution >= 0.6 is 15.9 Å². The SMILES string of the molecule is Cc1nn(-c2ccccc2)c(N/N=C/c2cc3c(cc2Br)COC3)c1[N+](=O)[O-]. The van der Waals surface area contributed by atoms with E-state index in [1.165, 1.54) is 4.68 Å². The normalized spacial score (nSPS) is 13.1. The van der Waals surface area contributed by atoms with Crippen molar-refractivity contribution in [3.05, 3.63) is 79.4 Å². The van der Waals surface area contributed by atoms with E-state index in [0.29, 0.717) is 24.6 Å². The number of rotatable bonds is 5. The van der Waals surface area contributed by atoms with Crippen molar-refractivity contribution in [2.45, 2.75) is 20.1 Å². The average molecular weight is 442 g/mol. The van der Waals surface area contributed by atoms with Crippen LogP contribution in [0.3, 0.4) is 0 Å². The number of benzene rings is 2. The highest BCUT2D eigenvalue weighted by molar-refractivity contribution is 9.10. The van der Waals surface area contributed by atoms with Crippen LogP contribution in [0.1, 0.15) is 22.4 Å². The molecule has 1 aliphatic rings. The molecule has 9 heteroatoms. The van der Waals surface area contributed by atoms with E-state index in [1.54, 1.807) is 13.1 Å². The Morgan fingerprint density at radius 2 is 2.00 bits per heavy atom. The number of hydrogen-bond donors (Lipinski definition) is 1. The summed E-state index contributed by atoms with van der Waals surface area (Å²) in [7, 11) is 0. The van der Waals surface area contributed by atoms with Crippen LogP contribution in [0, 0.1) is 17.0 Å². The molecule has 0 bridgehead atoms. The Bertz CT molecular complexity index is 1080. The van der Waals surface area contributed by atoms with E-state index in [-0.39, 0.29) is 11.5 Å². The predicted octanol–water partition coefficient (Wildman–Crippen LogP) is 4.33. The molecule has 0 saturated carbocycles. The summed E-state index contributed by atoms with van der Waals surface area (Å²) < 4.78 is 7.80.